The fourth-order valence-electron chi connectivity index (χ4n) is 0.838. The second-order valence-corrected chi connectivity index (χ2v) is 2.19. The van der Waals surface area contributed by atoms with Crippen LogP contribution in [0, 0.1) is 0 Å². The molecule has 0 bridgehead atoms. The highest BCUT2D eigenvalue weighted by Crippen LogP contribution is 2.08. The first-order chi connectivity index (χ1) is 5.33. The molecule has 1 amide bonds. The van der Waals surface area contributed by atoms with E-state index in [4.69, 9.17) is 5.21 Å². The van der Waals surface area contributed by atoms with Gasteiger partial charge in [0.2, 0.25) is 0 Å². The summed E-state index contributed by atoms with van der Waals surface area (Å²) in [4.78, 5) is 10.6. The molecular weight excluding hydrogens is 142 g/mol. The van der Waals surface area contributed by atoms with Gasteiger partial charge < -0.3 is 0 Å². The molecule has 0 unspecified atom stereocenters. The van der Waals surface area contributed by atoms with Crippen LogP contribution in [0.15, 0.2) is 36.0 Å². The topological polar surface area (TPSA) is 49.3 Å². The van der Waals surface area contributed by atoms with Crippen molar-refractivity contribution >= 4 is 5.91 Å². The Morgan fingerprint density at radius 3 is 3.00 bits per heavy atom. The van der Waals surface area contributed by atoms with Crippen molar-refractivity contribution < 1.29 is 10.0 Å². The smallest absolute Gasteiger partial charge is 0.267 e. The number of hydroxylamine groups is 1. The van der Waals surface area contributed by atoms with Gasteiger partial charge in [0.15, 0.2) is 0 Å². The monoisotopic (exact) mass is 151 g/mol. The molecule has 0 fully saturated rings. The van der Waals surface area contributed by atoms with Crippen LogP contribution in [0.5, 0.6) is 0 Å². The summed E-state index contributed by atoms with van der Waals surface area (Å²) in [6.07, 6.45) is 9.63. The summed E-state index contributed by atoms with van der Waals surface area (Å²) >= 11 is 0. The Kier molecular flexibility index (Phi) is 2.63. The quantitative estimate of drug-likeness (QED) is 0.333. The van der Waals surface area contributed by atoms with Gasteiger partial charge in [0.05, 0.1) is 0 Å². The molecular formula is C8H9NO2. The highest BCUT2D eigenvalue weighted by molar-refractivity contribution is 5.87. The molecule has 3 heteroatoms. The van der Waals surface area contributed by atoms with Crippen molar-refractivity contribution in [2.45, 2.75) is 6.42 Å². The highest BCUT2D eigenvalue weighted by Gasteiger charge is 1.97. The van der Waals surface area contributed by atoms with E-state index in [1.54, 1.807) is 0 Å². The number of nitrogens with one attached hydrogen (secondary N) is 1. The maximum absolute atomic E-state index is 10.6. The summed E-state index contributed by atoms with van der Waals surface area (Å²) in [6.45, 7) is 0. The molecule has 0 aliphatic heterocycles. The van der Waals surface area contributed by atoms with E-state index in [1.807, 2.05) is 24.3 Å². The molecule has 0 aromatic rings. The van der Waals surface area contributed by atoms with Gasteiger partial charge in [0.1, 0.15) is 0 Å². The van der Waals surface area contributed by atoms with Crippen molar-refractivity contribution in [1.29, 1.82) is 0 Å². The molecule has 0 saturated heterocycles. The van der Waals surface area contributed by atoms with Gasteiger partial charge in [-0.3, -0.25) is 10.0 Å². The molecule has 1 rings (SSSR count). The molecule has 1 aliphatic rings. The van der Waals surface area contributed by atoms with Crippen molar-refractivity contribution in [3.63, 3.8) is 0 Å². The molecule has 11 heavy (non-hydrogen) atoms. The third-order valence-electron chi connectivity index (χ3n) is 1.34. The van der Waals surface area contributed by atoms with Crippen LogP contribution in [-0.4, -0.2) is 11.1 Å². The van der Waals surface area contributed by atoms with Gasteiger partial charge in [0.25, 0.3) is 5.91 Å². The minimum absolute atomic E-state index is 0.486. The van der Waals surface area contributed by atoms with Crippen LogP contribution in [0.2, 0.25) is 0 Å². The van der Waals surface area contributed by atoms with Gasteiger partial charge in [0, 0.05) is 6.08 Å². The highest BCUT2D eigenvalue weighted by atomic mass is 16.5. The summed E-state index contributed by atoms with van der Waals surface area (Å²) in [5.41, 5.74) is 2.43. The zero-order valence-electron chi connectivity index (χ0n) is 5.95. The van der Waals surface area contributed by atoms with Gasteiger partial charge in [-0.25, -0.2) is 5.48 Å². The van der Waals surface area contributed by atoms with Gasteiger partial charge in [-0.2, -0.15) is 0 Å². The molecule has 0 atom stereocenters. The molecule has 0 radical (unpaired) electrons. The summed E-state index contributed by atoms with van der Waals surface area (Å²) in [5.74, 6) is -0.486. The van der Waals surface area contributed by atoms with Crippen molar-refractivity contribution in [2.75, 3.05) is 0 Å². The third kappa shape index (κ3) is 2.39. The van der Waals surface area contributed by atoms with Crippen LogP contribution < -0.4 is 5.48 Å². The molecule has 1 aliphatic carbocycles. The molecule has 58 valence electrons. The van der Waals surface area contributed by atoms with Gasteiger partial charge >= 0.3 is 0 Å². The SMILES string of the molecule is O=C(C=C1C=CC=CC1)NO. The summed E-state index contributed by atoms with van der Waals surface area (Å²) < 4.78 is 0. The van der Waals surface area contributed by atoms with E-state index in [-0.39, 0.29) is 0 Å². The van der Waals surface area contributed by atoms with E-state index in [9.17, 15) is 4.79 Å². The Hall–Kier alpha value is -1.35. The number of allylic oxidation sites excluding steroid dienone is 5. The molecule has 0 heterocycles. The van der Waals surface area contributed by atoms with Crippen LogP contribution in [-0.2, 0) is 4.79 Å². The van der Waals surface area contributed by atoms with Crippen molar-refractivity contribution in [3.8, 4) is 0 Å². The van der Waals surface area contributed by atoms with Crippen LogP contribution >= 0.6 is 0 Å². The second kappa shape index (κ2) is 3.73. The molecule has 2 N–H and O–H groups in total. The molecule has 0 saturated carbocycles. The number of hydrogen-bond donors (Lipinski definition) is 2. The van der Waals surface area contributed by atoms with E-state index in [2.05, 4.69) is 0 Å². The lowest BCUT2D eigenvalue weighted by Gasteiger charge is -1.99. The summed E-state index contributed by atoms with van der Waals surface area (Å²) in [5, 5.41) is 8.18. The van der Waals surface area contributed by atoms with E-state index < -0.39 is 5.91 Å². The molecule has 0 spiro atoms. The summed E-state index contributed by atoms with van der Waals surface area (Å²) in [7, 11) is 0. The minimum Gasteiger partial charge on any atom is -0.288 e. The van der Waals surface area contributed by atoms with Crippen LogP contribution in [0.1, 0.15) is 6.42 Å². The first-order valence-electron chi connectivity index (χ1n) is 3.31. The summed E-state index contributed by atoms with van der Waals surface area (Å²) in [6, 6.07) is 0. The fourth-order valence-corrected chi connectivity index (χ4v) is 0.838. The zero-order valence-corrected chi connectivity index (χ0v) is 5.95. The molecule has 0 aromatic carbocycles. The Labute approximate surface area is 64.7 Å². The number of carbonyl (C=O) groups is 1. The van der Waals surface area contributed by atoms with E-state index in [1.165, 1.54) is 11.6 Å². The number of carbonyl (C=O) groups excluding carboxylic acids is 1. The number of hydrogen-bond acceptors (Lipinski definition) is 2. The lowest BCUT2D eigenvalue weighted by Crippen LogP contribution is -2.15. The van der Waals surface area contributed by atoms with Crippen LogP contribution in [0.25, 0.3) is 0 Å². The largest absolute Gasteiger partial charge is 0.288 e. The lowest BCUT2D eigenvalue weighted by atomic mass is 10.1. The fraction of sp³-hybridized carbons (Fsp3) is 0.125. The third-order valence-corrected chi connectivity index (χ3v) is 1.34. The van der Waals surface area contributed by atoms with E-state index in [0.717, 1.165) is 12.0 Å². The van der Waals surface area contributed by atoms with Crippen molar-refractivity contribution in [3.05, 3.63) is 36.0 Å². The standard InChI is InChI=1S/C8H9NO2/c10-8(9-11)6-7-4-2-1-3-5-7/h1-4,6,11H,5H2,(H,9,10). The number of amides is 1. The number of rotatable bonds is 1. The van der Waals surface area contributed by atoms with Gasteiger partial charge in [-0.15, -0.1) is 0 Å². The Balaban J connectivity index is 2.60. The Morgan fingerprint density at radius 1 is 1.64 bits per heavy atom. The van der Waals surface area contributed by atoms with Gasteiger partial charge in [-0.05, 0) is 12.0 Å². The first kappa shape index (κ1) is 7.75. The maximum Gasteiger partial charge on any atom is 0.267 e. The van der Waals surface area contributed by atoms with Crippen molar-refractivity contribution in [2.24, 2.45) is 0 Å². The van der Waals surface area contributed by atoms with E-state index in [0.29, 0.717) is 0 Å². The normalized spacial score (nSPS) is 18.8. The maximum atomic E-state index is 10.6. The molecule has 0 aromatic heterocycles. The van der Waals surface area contributed by atoms with Crippen LogP contribution in [0.3, 0.4) is 0 Å². The Bertz CT molecular complexity index is 238. The lowest BCUT2D eigenvalue weighted by molar-refractivity contribution is -0.124. The van der Waals surface area contributed by atoms with Crippen molar-refractivity contribution in [1.82, 2.24) is 5.48 Å². The molecule has 3 nitrogen and oxygen atoms in total. The first-order valence-corrected chi connectivity index (χ1v) is 3.31. The zero-order chi connectivity index (χ0) is 8.10. The average Bonchev–Trinajstić information content (AvgIpc) is 2.06. The predicted molar refractivity (Wildman–Crippen MR) is 40.9 cm³/mol. The predicted octanol–water partition coefficient (Wildman–Crippen LogP) is 0.934. The minimum atomic E-state index is -0.486. The Morgan fingerprint density at radius 2 is 2.45 bits per heavy atom. The van der Waals surface area contributed by atoms with Gasteiger partial charge in [-0.1, -0.05) is 24.3 Å². The van der Waals surface area contributed by atoms with E-state index >= 15 is 0 Å². The van der Waals surface area contributed by atoms with Crippen LogP contribution in [0.4, 0.5) is 0 Å². The average molecular weight is 151 g/mol. The second-order valence-electron chi connectivity index (χ2n) is 2.19.